The molecule has 62 valence electrons. The number of nitrogens with two attached hydrogens (primary N) is 1. The van der Waals surface area contributed by atoms with Gasteiger partial charge in [-0.15, -0.1) is 0 Å². The normalized spacial score (nSPS) is 5.30. The van der Waals surface area contributed by atoms with Crippen molar-refractivity contribution < 1.29 is 4.79 Å². The molecule has 0 aromatic rings. The van der Waals surface area contributed by atoms with Crippen molar-refractivity contribution in [2.24, 2.45) is 10.5 Å². The molecule has 1 unspecified atom stereocenters. The highest BCUT2D eigenvalue weighted by Crippen LogP contribution is 1.69. The molecule has 0 aliphatic carbocycles. The van der Waals surface area contributed by atoms with E-state index in [1.807, 2.05) is 23.2 Å². The van der Waals surface area contributed by atoms with E-state index in [0.717, 1.165) is 13.0 Å². The van der Waals surface area contributed by atoms with Crippen LogP contribution in [0, 0.1) is 0 Å². The number of rotatable bonds is 1. The Balaban J connectivity index is -0.0000000787. The van der Waals surface area contributed by atoms with Crippen LogP contribution in [-0.2, 0) is 4.79 Å². The molecule has 0 aliphatic heterocycles. The molecule has 4 heteroatoms. The predicted molar refractivity (Wildman–Crippen MR) is 48.5 cm³/mol. The first-order valence-corrected chi connectivity index (χ1v) is 3.82. The number of hydrogen-bond acceptors (Lipinski definition) is 3. The average molecular weight is 164 g/mol. The van der Waals surface area contributed by atoms with E-state index in [2.05, 4.69) is 11.7 Å². The number of isocyanates is 1. The van der Waals surface area contributed by atoms with Crippen molar-refractivity contribution in [3.63, 3.8) is 0 Å². The number of hydrogen-bond donors (Lipinski definition) is 1. The third kappa shape index (κ3) is 114. The van der Waals surface area contributed by atoms with E-state index in [-0.39, 0.29) is 0 Å². The summed E-state index contributed by atoms with van der Waals surface area (Å²) in [5, 5.41) is 0. The first kappa shape index (κ1) is 16.4. The monoisotopic (exact) mass is 164 g/mol. The Morgan fingerprint density at radius 3 is 1.80 bits per heavy atom. The molecule has 10 heavy (non-hydrogen) atoms. The lowest BCUT2D eigenvalue weighted by atomic mass is 10.5. The summed E-state index contributed by atoms with van der Waals surface area (Å²) in [5.41, 5.74) is 5.03. The summed E-state index contributed by atoms with van der Waals surface area (Å²) in [5.74, 6) is 0. The maximum Gasteiger partial charge on any atom is 0.238 e. The van der Waals surface area contributed by atoms with Crippen molar-refractivity contribution in [2.45, 2.75) is 27.2 Å². The molecule has 0 spiro atoms. The largest absolute Gasteiger partial charge is 0.330 e. The summed E-state index contributed by atoms with van der Waals surface area (Å²) in [7, 11) is 1.86. The standard InChI is InChI=1S/C3H9N.C2H6.CH2NOP/c1-2-3-4;1-2;3-1-2-4/h2-4H2,1H3;1-2H3;4H2. The fourth-order valence-corrected chi connectivity index (χ4v) is 0. The molecule has 0 bridgehead atoms. The van der Waals surface area contributed by atoms with Crippen LogP contribution in [0.1, 0.15) is 27.2 Å². The second-order valence-electron chi connectivity index (χ2n) is 1.01. The van der Waals surface area contributed by atoms with Crippen LogP contribution in [-0.4, -0.2) is 12.6 Å². The molecule has 0 aliphatic rings. The Hall–Kier alpha value is -0.230. The Morgan fingerprint density at radius 2 is 1.80 bits per heavy atom. The van der Waals surface area contributed by atoms with E-state index in [4.69, 9.17) is 10.5 Å². The highest BCUT2D eigenvalue weighted by Gasteiger charge is 1.55. The van der Waals surface area contributed by atoms with E-state index in [0.29, 0.717) is 0 Å². The lowest BCUT2D eigenvalue weighted by molar-refractivity contribution is 0.566. The van der Waals surface area contributed by atoms with E-state index >= 15 is 0 Å². The summed E-state index contributed by atoms with van der Waals surface area (Å²) >= 11 is 0. The van der Waals surface area contributed by atoms with Crippen molar-refractivity contribution >= 4 is 15.5 Å². The van der Waals surface area contributed by atoms with Gasteiger partial charge in [0.05, 0.1) is 0 Å². The molecule has 0 saturated carbocycles. The van der Waals surface area contributed by atoms with E-state index in [1.54, 1.807) is 0 Å². The predicted octanol–water partition coefficient (Wildman–Crippen LogP) is 1.49. The van der Waals surface area contributed by atoms with Gasteiger partial charge in [-0.2, -0.15) is 4.76 Å². The van der Waals surface area contributed by atoms with Gasteiger partial charge in [0.15, 0.2) is 0 Å². The van der Waals surface area contributed by atoms with Crippen LogP contribution >= 0.6 is 9.39 Å². The summed E-state index contributed by atoms with van der Waals surface area (Å²) < 4.78 is 2.85. The smallest absolute Gasteiger partial charge is 0.238 e. The van der Waals surface area contributed by atoms with E-state index in [9.17, 15) is 0 Å². The van der Waals surface area contributed by atoms with Crippen molar-refractivity contribution in [2.75, 3.05) is 6.54 Å². The minimum atomic E-state index is 0.819. The Labute approximate surface area is 65.4 Å². The third-order valence-electron chi connectivity index (χ3n) is 0.341. The SMILES string of the molecule is CC.CCCN.O=C=NP. The van der Waals surface area contributed by atoms with Crippen LogP contribution in [0.15, 0.2) is 4.76 Å². The molecule has 1 atom stereocenters. The molecule has 0 amide bonds. The molecule has 0 saturated heterocycles. The van der Waals surface area contributed by atoms with Gasteiger partial charge in [-0.25, -0.2) is 4.79 Å². The van der Waals surface area contributed by atoms with Gasteiger partial charge in [-0.3, -0.25) is 0 Å². The summed E-state index contributed by atoms with van der Waals surface area (Å²) in [6.07, 6.45) is 2.37. The molecular formula is C6H17N2OP. The van der Waals surface area contributed by atoms with Crippen molar-refractivity contribution in [3.8, 4) is 0 Å². The van der Waals surface area contributed by atoms with E-state index < -0.39 is 0 Å². The Bertz CT molecular complexity index is 70.1. The Morgan fingerprint density at radius 1 is 1.60 bits per heavy atom. The van der Waals surface area contributed by atoms with Gasteiger partial charge in [-0.1, -0.05) is 20.8 Å². The highest BCUT2D eigenvalue weighted by molar-refractivity contribution is 7.14. The van der Waals surface area contributed by atoms with Crippen molar-refractivity contribution in [1.82, 2.24) is 0 Å². The molecular weight excluding hydrogens is 147 g/mol. The zero-order valence-corrected chi connectivity index (χ0v) is 8.08. The lowest BCUT2D eigenvalue weighted by Gasteiger charge is -1.70. The molecule has 0 fully saturated rings. The number of nitrogens with zero attached hydrogens (tertiary/aromatic N) is 1. The maximum atomic E-state index is 8.86. The summed E-state index contributed by atoms with van der Waals surface area (Å²) in [4.78, 5) is 8.86. The summed E-state index contributed by atoms with van der Waals surface area (Å²) in [6.45, 7) is 6.88. The van der Waals surface area contributed by atoms with Crippen LogP contribution in [0.4, 0.5) is 0 Å². The Kier molecular flexibility index (Phi) is 61.1. The van der Waals surface area contributed by atoms with Gasteiger partial charge in [0, 0.05) is 9.39 Å². The fraction of sp³-hybridized carbons (Fsp3) is 0.833. The highest BCUT2D eigenvalue weighted by atomic mass is 31.0. The zero-order chi connectivity index (χ0) is 8.83. The van der Waals surface area contributed by atoms with Crippen LogP contribution in [0.3, 0.4) is 0 Å². The van der Waals surface area contributed by atoms with Gasteiger partial charge < -0.3 is 5.73 Å². The van der Waals surface area contributed by atoms with Crippen LogP contribution in [0.25, 0.3) is 0 Å². The van der Waals surface area contributed by atoms with Crippen molar-refractivity contribution in [1.29, 1.82) is 0 Å². The van der Waals surface area contributed by atoms with Gasteiger partial charge in [-0.05, 0) is 13.0 Å². The topological polar surface area (TPSA) is 55.5 Å². The first-order valence-electron chi connectivity index (χ1n) is 3.30. The lowest BCUT2D eigenvalue weighted by Crippen LogP contribution is -1.93. The van der Waals surface area contributed by atoms with E-state index in [1.165, 1.54) is 6.08 Å². The van der Waals surface area contributed by atoms with Gasteiger partial charge >= 0.3 is 0 Å². The van der Waals surface area contributed by atoms with Crippen LogP contribution < -0.4 is 5.73 Å². The van der Waals surface area contributed by atoms with Gasteiger partial charge in [0.2, 0.25) is 6.08 Å². The average Bonchev–Trinajstić information content (AvgIpc) is 2.08. The van der Waals surface area contributed by atoms with Crippen molar-refractivity contribution in [3.05, 3.63) is 0 Å². The van der Waals surface area contributed by atoms with Crippen LogP contribution in [0.5, 0.6) is 0 Å². The molecule has 3 nitrogen and oxygen atoms in total. The first-order chi connectivity index (χ1) is 4.83. The minimum Gasteiger partial charge on any atom is -0.330 e. The molecule has 0 radical (unpaired) electrons. The molecule has 2 N–H and O–H groups in total. The zero-order valence-electron chi connectivity index (χ0n) is 6.92. The second-order valence-corrected chi connectivity index (χ2v) is 1.27. The minimum absolute atomic E-state index is 0.819. The molecule has 0 heterocycles. The van der Waals surface area contributed by atoms with Gasteiger partial charge in [0.1, 0.15) is 0 Å². The molecule has 0 aromatic carbocycles. The quantitative estimate of drug-likeness (QED) is 0.362. The second kappa shape index (κ2) is 37.3. The fourth-order valence-electron chi connectivity index (χ4n) is 0. The maximum absolute atomic E-state index is 8.86. The number of carbonyl (C=O) groups excluding carboxylic acids is 1. The molecule has 0 aromatic heterocycles. The third-order valence-corrected chi connectivity index (χ3v) is 0.447. The molecule has 0 rings (SSSR count). The van der Waals surface area contributed by atoms with Crippen LogP contribution in [0.2, 0.25) is 0 Å². The van der Waals surface area contributed by atoms with Gasteiger partial charge in [0.25, 0.3) is 0 Å². The summed E-state index contributed by atoms with van der Waals surface area (Å²) in [6, 6.07) is 0.